The highest BCUT2D eigenvalue weighted by Gasteiger charge is 2.41. The van der Waals surface area contributed by atoms with E-state index in [2.05, 4.69) is 20.3 Å². The second kappa shape index (κ2) is 12.1. The molecule has 12 heteroatoms. The maximum Gasteiger partial charge on any atom is 0.338 e. The Balaban J connectivity index is 1.25. The molecule has 1 aliphatic rings. The summed E-state index contributed by atoms with van der Waals surface area (Å²) >= 11 is 0. The van der Waals surface area contributed by atoms with Gasteiger partial charge in [-0.05, 0) is 36.4 Å². The summed E-state index contributed by atoms with van der Waals surface area (Å²) in [6, 6.07) is 25.4. The Morgan fingerprint density at radius 2 is 1.49 bits per heavy atom. The molecule has 2 N–H and O–H groups in total. The molecule has 1 aliphatic heterocycles. The number of nitrogens with zero attached hydrogens (tertiary/aromatic N) is 3. The zero-order chi connectivity index (χ0) is 29.8. The van der Waals surface area contributed by atoms with Crippen molar-refractivity contribution >= 4 is 35.0 Å². The molecule has 0 saturated carbocycles. The molecule has 43 heavy (non-hydrogen) atoms. The van der Waals surface area contributed by atoms with Crippen LogP contribution in [-0.2, 0) is 14.2 Å². The lowest BCUT2D eigenvalue weighted by molar-refractivity contribution is -0.0563. The fraction of sp³-hybridized carbons (Fsp3) is 0.161. The second-order valence-electron chi connectivity index (χ2n) is 9.70. The summed E-state index contributed by atoms with van der Waals surface area (Å²) in [5, 5.41) is 2.59. The molecule has 1 fully saturated rings. The third-order valence-corrected chi connectivity index (χ3v) is 6.85. The van der Waals surface area contributed by atoms with Crippen LogP contribution in [0.5, 0.6) is 0 Å². The average Bonchev–Trinajstić information content (AvgIpc) is 3.65. The first-order valence-electron chi connectivity index (χ1n) is 13.4. The molecule has 216 valence electrons. The molecule has 6 rings (SSSR count). The van der Waals surface area contributed by atoms with Crippen LogP contribution in [0.4, 0.5) is 5.95 Å². The first-order chi connectivity index (χ1) is 21.0. The third kappa shape index (κ3) is 6.04. The second-order valence-corrected chi connectivity index (χ2v) is 9.70. The topological polar surface area (TPSA) is 155 Å². The lowest BCUT2D eigenvalue weighted by Gasteiger charge is -2.19. The molecule has 0 unspecified atom stereocenters. The van der Waals surface area contributed by atoms with Gasteiger partial charge in [-0.15, -0.1) is 0 Å². The molecule has 3 heterocycles. The van der Waals surface area contributed by atoms with Gasteiger partial charge in [0.05, 0.1) is 17.5 Å². The number of rotatable bonds is 8. The molecule has 1 amide bonds. The first-order valence-corrected chi connectivity index (χ1v) is 13.4. The van der Waals surface area contributed by atoms with Crippen molar-refractivity contribution in [3.8, 4) is 0 Å². The van der Waals surface area contributed by atoms with Gasteiger partial charge >= 0.3 is 11.9 Å². The number of carbonyl (C=O) groups is 3. The standard InChI is InChI=1S/C31H25N5O7/c37-27(19-10-4-1-5-11-19)34-31-33-26-25(28(38)35-31)32-18-36(26)24-16-22(43-30(40)21-14-8-3-9-15-21)23(42-24)17-41-29(39)20-12-6-2-7-13-20/h1-15,18,22-24H,16-17H2,(H2,33,34,35,37,38)/t22-,23+,24-/m1/s1. The van der Waals surface area contributed by atoms with Crippen LogP contribution in [0.15, 0.2) is 102 Å². The van der Waals surface area contributed by atoms with Crippen molar-refractivity contribution in [1.29, 1.82) is 0 Å². The van der Waals surface area contributed by atoms with Crippen molar-refractivity contribution in [2.45, 2.75) is 24.9 Å². The molecular formula is C31H25N5O7. The maximum atomic E-state index is 12.9. The molecule has 0 bridgehead atoms. The molecule has 3 aromatic carbocycles. The van der Waals surface area contributed by atoms with Crippen LogP contribution in [0.25, 0.3) is 11.2 Å². The number of nitrogens with one attached hydrogen (secondary N) is 2. The number of aromatic nitrogens is 4. The lowest BCUT2D eigenvalue weighted by Crippen LogP contribution is -2.32. The van der Waals surface area contributed by atoms with E-state index in [-0.39, 0.29) is 30.1 Å². The van der Waals surface area contributed by atoms with E-state index in [4.69, 9.17) is 14.2 Å². The number of carbonyl (C=O) groups excluding carboxylic acids is 3. The van der Waals surface area contributed by atoms with Gasteiger partial charge in [0.1, 0.15) is 25.0 Å². The number of H-pyrrole nitrogens is 1. The number of benzene rings is 3. The third-order valence-electron chi connectivity index (χ3n) is 6.85. The zero-order valence-corrected chi connectivity index (χ0v) is 22.6. The Bertz CT molecular complexity index is 1820. The summed E-state index contributed by atoms with van der Waals surface area (Å²) in [6.07, 6.45) is -0.891. The minimum absolute atomic E-state index is 0.0260. The van der Waals surface area contributed by atoms with E-state index in [0.717, 1.165) is 0 Å². The molecule has 0 spiro atoms. The number of anilines is 1. The number of esters is 2. The van der Waals surface area contributed by atoms with Crippen molar-refractivity contribution in [2.75, 3.05) is 11.9 Å². The highest BCUT2D eigenvalue weighted by atomic mass is 16.6. The van der Waals surface area contributed by atoms with Crippen molar-refractivity contribution in [3.63, 3.8) is 0 Å². The van der Waals surface area contributed by atoms with E-state index in [1.807, 2.05) is 0 Å². The van der Waals surface area contributed by atoms with Crippen molar-refractivity contribution in [1.82, 2.24) is 19.5 Å². The molecule has 2 aromatic heterocycles. The highest BCUT2D eigenvalue weighted by Crippen LogP contribution is 2.33. The Morgan fingerprint density at radius 3 is 2.14 bits per heavy atom. The average molecular weight is 580 g/mol. The fourth-order valence-electron chi connectivity index (χ4n) is 4.71. The van der Waals surface area contributed by atoms with Gasteiger partial charge in [0.2, 0.25) is 5.95 Å². The number of hydrogen-bond acceptors (Lipinski definition) is 9. The fourth-order valence-corrected chi connectivity index (χ4v) is 4.71. The van der Waals surface area contributed by atoms with Gasteiger partial charge in [-0.2, -0.15) is 4.98 Å². The van der Waals surface area contributed by atoms with E-state index in [9.17, 15) is 19.2 Å². The summed E-state index contributed by atoms with van der Waals surface area (Å²) < 4.78 is 19.0. The van der Waals surface area contributed by atoms with Gasteiger partial charge in [0, 0.05) is 12.0 Å². The normalized spacial score (nSPS) is 17.8. The Kier molecular flexibility index (Phi) is 7.74. The molecule has 3 atom stereocenters. The van der Waals surface area contributed by atoms with Crippen LogP contribution in [0.3, 0.4) is 0 Å². The van der Waals surface area contributed by atoms with Crippen LogP contribution in [0.1, 0.15) is 43.7 Å². The van der Waals surface area contributed by atoms with Crippen LogP contribution >= 0.6 is 0 Å². The number of fused-ring (bicyclic) bond motifs is 1. The van der Waals surface area contributed by atoms with Gasteiger partial charge in [-0.3, -0.25) is 24.5 Å². The van der Waals surface area contributed by atoms with Gasteiger partial charge in [-0.1, -0.05) is 54.6 Å². The van der Waals surface area contributed by atoms with E-state index >= 15 is 0 Å². The van der Waals surface area contributed by atoms with E-state index in [1.165, 1.54) is 10.9 Å². The van der Waals surface area contributed by atoms with E-state index in [0.29, 0.717) is 16.7 Å². The Hall–Kier alpha value is -5.62. The van der Waals surface area contributed by atoms with E-state index in [1.54, 1.807) is 91.0 Å². The maximum absolute atomic E-state index is 12.9. The van der Waals surface area contributed by atoms with Gasteiger partial charge < -0.3 is 14.2 Å². The van der Waals surface area contributed by atoms with Crippen molar-refractivity contribution < 1.29 is 28.6 Å². The summed E-state index contributed by atoms with van der Waals surface area (Å²) in [4.78, 5) is 62.1. The highest BCUT2D eigenvalue weighted by molar-refractivity contribution is 6.03. The van der Waals surface area contributed by atoms with Crippen molar-refractivity contribution in [3.05, 3.63) is 124 Å². The quantitative estimate of drug-likeness (QED) is 0.262. The van der Waals surface area contributed by atoms with Gasteiger partial charge in [-0.25, -0.2) is 14.6 Å². The number of ether oxygens (including phenoxy) is 3. The largest absolute Gasteiger partial charge is 0.459 e. The molecular weight excluding hydrogens is 554 g/mol. The van der Waals surface area contributed by atoms with Crippen LogP contribution in [0, 0.1) is 0 Å². The molecule has 1 saturated heterocycles. The minimum atomic E-state index is -0.831. The molecule has 12 nitrogen and oxygen atoms in total. The molecule has 5 aromatic rings. The zero-order valence-electron chi connectivity index (χ0n) is 22.6. The van der Waals surface area contributed by atoms with E-state index < -0.39 is 41.8 Å². The summed E-state index contributed by atoms with van der Waals surface area (Å²) in [5.41, 5.74) is 0.708. The lowest BCUT2D eigenvalue weighted by atomic mass is 10.1. The van der Waals surface area contributed by atoms with Crippen LogP contribution < -0.4 is 10.9 Å². The SMILES string of the molecule is O=C(Nc1nc2c(ncn2[C@H]2C[C@@H](OC(=O)c3ccccc3)[C@H](COC(=O)c3ccccc3)O2)c(=O)[nH]1)c1ccccc1. The number of imidazole rings is 1. The summed E-state index contributed by atoms with van der Waals surface area (Å²) in [6.45, 7) is -0.198. The Morgan fingerprint density at radius 1 is 0.884 bits per heavy atom. The van der Waals surface area contributed by atoms with Crippen LogP contribution in [-0.4, -0.2) is 56.2 Å². The van der Waals surface area contributed by atoms with Crippen molar-refractivity contribution in [2.24, 2.45) is 0 Å². The molecule has 0 radical (unpaired) electrons. The monoisotopic (exact) mass is 579 g/mol. The number of aromatic amines is 1. The smallest absolute Gasteiger partial charge is 0.338 e. The summed E-state index contributed by atoms with van der Waals surface area (Å²) in [7, 11) is 0. The predicted molar refractivity (Wildman–Crippen MR) is 153 cm³/mol. The first kappa shape index (κ1) is 27.5. The Labute approximate surface area is 244 Å². The van der Waals surface area contributed by atoms with Crippen LogP contribution in [0.2, 0.25) is 0 Å². The number of amides is 1. The predicted octanol–water partition coefficient (Wildman–Crippen LogP) is 3.74. The number of hydrogen-bond donors (Lipinski definition) is 2. The summed E-state index contributed by atoms with van der Waals surface area (Å²) in [5.74, 6) is -1.66. The van der Waals surface area contributed by atoms with Gasteiger partial charge in [0.25, 0.3) is 11.5 Å². The van der Waals surface area contributed by atoms with Gasteiger partial charge in [0.15, 0.2) is 11.2 Å². The molecule has 0 aliphatic carbocycles. The minimum Gasteiger partial charge on any atom is -0.459 e.